The number of methoxy groups -OCH3 is 1. The summed E-state index contributed by atoms with van der Waals surface area (Å²) < 4.78 is 11.7. The van der Waals surface area contributed by atoms with Gasteiger partial charge in [0.05, 0.1) is 7.11 Å². The van der Waals surface area contributed by atoms with E-state index in [0.29, 0.717) is 28.4 Å². The van der Waals surface area contributed by atoms with Crippen molar-refractivity contribution in [3.63, 3.8) is 0 Å². The van der Waals surface area contributed by atoms with E-state index in [9.17, 15) is 28.8 Å². The molecule has 3 N–H and O–H groups in total. The fraction of sp³-hybridized carbons (Fsp3) is 0.415. The summed E-state index contributed by atoms with van der Waals surface area (Å²) in [5, 5.41) is 8.17. The van der Waals surface area contributed by atoms with Crippen molar-refractivity contribution in [1.29, 1.82) is 0 Å². The Bertz CT molecular complexity index is 1930. The smallest absolute Gasteiger partial charge is 0.246 e. The zero-order chi connectivity index (χ0) is 40.1. The molecule has 0 radical (unpaired) electrons. The number of hydrogen-bond donors (Lipinski definition) is 3. The first-order chi connectivity index (χ1) is 26.1. The Labute approximate surface area is 321 Å². The molecule has 0 aromatic heterocycles. The zero-order valence-corrected chi connectivity index (χ0v) is 32.5. The first-order valence-electron chi connectivity index (χ1n) is 18.3. The molecule has 3 aromatic carbocycles. The van der Waals surface area contributed by atoms with Gasteiger partial charge in [0.2, 0.25) is 35.4 Å². The number of nitrogens with zero attached hydrogens (tertiary/aromatic N) is 3. The van der Waals surface area contributed by atoms with E-state index in [1.54, 1.807) is 42.5 Å². The summed E-state index contributed by atoms with van der Waals surface area (Å²) in [7, 11) is 5.95. The van der Waals surface area contributed by atoms with Crippen molar-refractivity contribution in [2.45, 2.75) is 83.2 Å². The molecule has 0 saturated carbocycles. The third-order valence-corrected chi connectivity index (χ3v) is 10.3. The Hall–Kier alpha value is -5.92. The second-order valence-electron chi connectivity index (χ2n) is 14.4. The fourth-order valence-corrected chi connectivity index (χ4v) is 6.80. The molecule has 3 heterocycles. The minimum Gasteiger partial charge on any atom is -0.493 e. The molecule has 292 valence electrons. The average molecular weight is 755 g/mol. The number of amides is 6. The Morgan fingerprint density at radius 2 is 1.18 bits per heavy atom. The van der Waals surface area contributed by atoms with Crippen molar-refractivity contribution in [2.24, 2.45) is 0 Å². The van der Waals surface area contributed by atoms with Crippen LogP contribution in [0.5, 0.6) is 17.2 Å². The topological polar surface area (TPSA) is 167 Å². The lowest BCUT2D eigenvalue weighted by Gasteiger charge is -2.36. The molecule has 0 spiro atoms. The van der Waals surface area contributed by atoms with Crippen LogP contribution >= 0.6 is 0 Å². The van der Waals surface area contributed by atoms with Gasteiger partial charge in [-0.1, -0.05) is 48.0 Å². The van der Waals surface area contributed by atoms with Crippen molar-refractivity contribution in [3.8, 4) is 17.2 Å². The molecule has 3 aliphatic rings. The van der Waals surface area contributed by atoms with Gasteiger partial charge in [0.15, 0.2) is 11.5 Å². The summed E-state index contributed by atoms with van der Waals surface area (Å²) in [6.45, 7) is 6.42. The molecule has 6 bridgehead atoms. The number of nitrogens with one attached hydrogen (secondary N) is 3. The molecule has 55 heavy (non-hydrogen) atoms. The van der Waals surface area contributed by atoms with Crippen molar-refractivity contribution in [3.05, 3.63) is 89.0 Å². The average Bonchev–Trinajstić information content (AvgIpc) is 3.16. The van der Waals surface area contributed by atoms with E-state index in [1.807, 2.05) is 31.2 Å². The highest BCUT2D eigenvalue weighted by Crippen LogP contribution is 2.34. The van der Waals surface area contributed by atoms with Crippen LogP contribution < -0.4 is 25.4 Å². The number of hydrogen-bond acceptors (Lipinski definition) is 8. The molecule has 6 amide bonds. The molecule has 14 heteroatoms. The predicted octanol–water partition coefficient (Wildman–Crippen LogP) is 2.15. The highest BCUT2D eigenvalue weighted by atomic mass is 16.5. The van der Waals surface area contributed by atoms with E-state index >= 15 is 0 Å². The zero-order valence-electron chi connectivity index (χ0n) is 32.5. The Morgan fingerprint density at radius 1 is 0.636 bits per heavy atom. The van der Waals surface area contributed by atoms with Crippen LogP contribution in [0.15, 0.2) is 66.7 Å². The summed E-state index contributed by atoms with van der Waals surface area (Å²) in [4.78, 5) is 88.1. The number of fused-ring (bicyclic) bond motifs is 2. The van der Waals surface area contributed by atoms with Crippen molar-refractivity contribution < 1.29 is 38.2 Å². The maximum atomic E-state index is 14.6. The molecule has 3 aromatic rings. The molecule has 1 saturated heterocycles. The van der Waals surface area contributed by atoms with Gasteiger partial charge in [-0.25, -0.2) is 0 Å². The quantitative estimate of drug-likeness (QED) is 0.366. The summed E-state index contributed by atoms with van der Waals surface area (Å²) in [6, 6.07) is 13.1. The molecule has 1 fully saturated rings. The maximum Gasteiger partial charge on any atom is 0.246 e. The third kappa shape index (κ3) is 9.25. The van der Waals surface area contributed by atoms with E-state index in [2.05, 4.69) is 16.0 Å². The van der Waals surface area contributed by atoms with Crippen LogP contribution in [0.25, 0.3) is 0 Å². The molecule has 6 rings (SSSR count). The number of benzene rings is 3. The standard InChI is InChI=1S/C41H50N6O8/c1-23-9-11-27(12-10-23)19-31-38(50)44-26(4)40(52)47(7)33-20-28-13-16-30(17-14-28)55-35-22-29(15-18-34(35)54-8)21-32(46(6)41(33)53)37(49)42-24(2)36(48)43-25(3)39(51)45(31)5/h9-18,22,24-26,31-33H,19-21H2,1-8H3,(H,42,49)(H,43,48)(H,44,50)/t24-,25+,26+,31+,32-,33-/m0/s1. The van der Waals surface area contributed by atoms with Crippen molar-refractivity contribution in [2.75, 3.05) is 28.3 Å². The number of carbonyl (C=O) groups is 6. The van der Waals surface area contributed by atoms with E-state index in [4.69, 9.17) is 9.47 Å². The largest absolute Gasteiger partial charge is 0.493 e. The normalized spacial score (nSPS) is 24.6. The Kier molecular flexibility index (Phi) is 12.5. The van der Waals surface area contributed by atoms with Crippen LogP contribution in [-0.2, 0) is 48.0 Å². The lowest BCUT2D eigenvalue weighted by Crippen LogP contribution is -2.61. The summed E-state index contributed by atoms with van der Waals surface area (Å²) in [5.41, 5.74) is 3.13. The number of likely N-dealkylation sites (N-methyl/N-ethyl adjacent to an activating group) is 3. The maximum absolute atomic E-state index is 14.6. The van der Waals surface area contributed by atoms with Crippen LogP contribution in [-0.4, -0.2) is 115 Å². The van der Waals surface area contributed by atoms with Gasteiger partial charge in [-0.3, -0.25) is 28.8 Å². The van der Waals surface area contributed by atoms with Gasteiger partial charge >= 0.3 is 0 Å². The molecule has 0 aliphatic carbocycles. The van der Waals surface area contributed by atoms with Crippen LogP contribution in [0.1, 0.15) is 43.0 Å². The second kappa shape index (κ2) is 17.0. The molecule has 6 atom stereocenters. The van der Waals surface area contributed by atoms with Gasteiger partial charge in [0.25, 0.3) is 0 Å². The van der Waals surface area contributed by atoms with Crippen LogP contribution in [0.3, 0.4) is 0 Å². The van der Waals surface area contributed by atoms with Crippen LogP contribution in [0.2, 0.25) is 0 Å². The fourth-order valence-electron chi connectivity index (χ4n) is 6.80. The van der Waals surface area contributed by atoms with Gasteiger partial charge in [-0.2, -0.15) is 0 Å². The Morgan fingerprint density at radius 3 is 1.82 bits per heavy atom. The number of aryl methyl sites for hydroxylation is 1. The summed E-state index contributed by atoms with van der Waals surface area (Å²) in [5.74, 6) is -2.13. The van der Waals surface area contributed by atoms with Gasteiger partial charge in [-0.15, -0.1) is 0 Å². The number of carbonyl (C=O) groups excluding carboxylic acids is 6. The first-order valence-corrected chi connectivity index (χ1v) is 18.3. The molecule has 3 aliphatic heterocycles. The van der Waals surface area contributed by atoms with E-state index < -0.39 is 71.7 Å². The van der Waals surface area contributed by atoms with Gasteiger partial charge in [-0.05, 0) is 68.7 Å². The van der Waals surface area contributed by atoms with E-state index in [1.165, 1.54) is 63.7 Å². The highest BCUT2D eigenvalue weighted by Gasteiger charge is 2.39. The minimum atomic E-state index is -1.15. The van der Waals surface area contributed by atoms with Gasteiger partial charge in [0, 0.05) is 40.4 Å². The van der Waals surface area contributed by atoms with Crippen LogP contribution in [0.4, 0.5) is 0 Å². The highest BCUT2D eigenvalue weighted by molar-refractivity contribution is 5.98. The molecular weight excluding hydrogens is 704 g/mol. The summed E-state index contributed by atoms with van der Waals surface area (Å²) >= 11 is 0. The molecule has 0 unspecified atom stereocenters. The molecule has 14 nitrogen and oxygen atoms in total. The number of rotatable bonds is 3. The third-order valence-electron chi connectivity index (χ3n) is 10.3. The number of ether oxygens (including phenoxy) is 2. The first kappa shape index (κ1) is 40.3. The van der Waals surface area contributed by atoms with Gasteiger partial charge < -0.3 is 40.1 Å². The van der Waals surface area contributed by atoms with Crippen molar-refractivity contribution in [1.82, 2.24) is 30.7 Å². The lowest BCUT2D eigenvalue weighted by atomic mass is 9.98. The van der Waals surface area contributed by atoms with Gasteiger partial charge in [0.1, 0.15) is 42.0 Å². The molecular formula is C41H50N6O8. The van der Waals surface area contributed by atoms with Crippen LogP contribution in [0, 0.1) is 6.92 Å². The van der Waals surface area contributed by atoms with Crippen molar-refractivity contribution >= 4 is 35.4 Å². The monoisotopic (exact) mass is 754 g/mol. The predicted molar refractivity (Wildman–Crippen MR) is 204 cm³/mol. The minimum absolute atomic E-state index is 0.0131. The lowest BCUT2D eigenvalue weighted by molar-refractivity contribution is -0.149. The second-order valence-corrected chi connectivity index (χ2v) is 14.4. The Balaban J connectivity index is 1.58. The van der Waals surface area contributed by atoms with E-state index in [-0.39, 0.29) is 19.3 Å². The SMILES string of the molecule is COc1ccc2cc1Oc1ccc(cc1)C[C@H]1C(=O)N(C)[C@@H](C2)C(=O)N[C@@H](C)C(=O)N[C@H](C)C(=O)N(C)[C@H](Cc2ccc(C)cc2)C(=O)N[C@H](C)C(=O)N1C. The van der Waals surface area contributed by atoms with E-state index in [0.717, 1.165) is 11.1 Å². The summed E-state index contributed by atoms with van der Waals surface area (Å²) in [6.07, 6.45) is 0.208.